The minimum atomic E-state index is 0.528. The second kappa shape index (κ2) is 3.95. The molecule has 5 heteroatoms. The minimum absolute atomic E-state index is 0.528. The van der Waals surface area contributed by atoms with Crippen LogP contribution in [0.15, 0.2) is 0 Å². The largest absolute Gasteiger partial charge is 0.337 e. The standard InChI is InChI=1S/C13H21N5/c1-8-7-18(3-2-14-8)13-15-12(16-17-13)11-5-9-4-10(9)6-11/h8-11,14H,2-7H2,1H3,(H,15,16,17)/t8-,9?,10?,11?/m0/s1. The van der Waals surface area contributed by atoms with Crippen LogP contribution in [0.4, 0.5) is 5.95 Å². The zero-order chi connectivity index (χ0) is 12.1. The molecule has 0 spiro atoms. The molecule has 2 unspecified atom stereocenters. The maximum atomic E-state index is 4.74. The molecular weight excluding hydrogens is 226 g/mol. The normalized spacial score (nSPS) is 38.8. The lowest BCUT2D eigenvalue weighted by Gasteiger charge is -2.30. The van der Waals surface area contributed by atoms with Gasteiger partial charge in [-0.05, 0) is 38.0 Å². The Morgan fingerprint density at radius 1 is 1.22 bits per heavy atom. The van der Waals surface area contributed by atoms with E-state index in [2.05, 4.69) is 27.3 Å². The number of H-pyrrole nitrogens is 1. The Kier molecular flexibility index (Phi) is 2.37. The molecule has 0 bridgehead atoms. The summed E-state index contributed by atoms with van der Waals surface area (Å²) in [5.74, 6) is 4.68. The van der Waals surface area contributed by atoms with E-state index in [0.29, 0.717) is 12.0 Å². The molecule has 0 radical (unpaired) electrons. The van der Waals surface area contributed by atoms with Crippen molar-refractivity contribution in [2.45, 2.75) is 38.1 Å². The van der Waals surface area contributed by atoms with Gasteiger partial charge in [0, 0.05) is 31.6 Å². The van der Waals surface area contributed by atoms with Crippen LogP contribution in [0, 0.1) is 11.8 Å². The van der Waals surface area contributed by atoms with Crippen molar-refractivity contribution in [2.24, 2.45) is 11.8 Å². The number of nitrogens with zero attached hydrogens (tertiary/aromatic N) is 3. The predicted molar refractivity (Wildman–Crippen MR) is 69.6 cm³/mol. The zero-order valence-corrected chi connectivity index (χ0v) is 10.9. The topological polar surface area (TPSA) is 56.8 Å². The molecule has 2 heterocycles. The van der Waals surface area contributed by atoms with Crippen molar-refractivity contribution in [1.29, 1.82) is 0 Å². The van der Waals surface area contributed by atoms with E-state index in [1.807, 2.05) is 0 Å². The minimum Gasteiger partial charge on any atom is -0.337 e. The molecule has 1 saturated heterocycles. The third kappa shape index (κ3) is 1.81. The van der Waals surface area contributed by atoms with E-state index in [1.165, 1.54) is 19.3 Å². The van der Waals surface area contributed by atoms with Crippen molar-refractivity contribution in [3.05, 3.63) is 5.82 Å². The van der Waals surface area contributed by atoms with E-state index < -0.39 is 0 Å². The lowest BCUT2D eigenvalue weighted by Crippen LogP contribution is -2.49. The van der Waals surface area contributed by atoms with Crippen molar-refractivity contribution >= 4 is 5.95 Å². The van der Waals surface area contributed by atoms with Gasteiger partial charge in [-0.25, -0.2) is 0 Å². The number of aromatic amines is 1. The quantitative estimate of drug-likeness (QED) is 0.822. The van der Waals surface area contributed by atoms with Gasteiger partial charge >= 0.3 is 0 Å². The Hall–Kier alpha value is -1.10. The molecule has 2 aliphatic carbocycles. The van der Waals surface area contributed by atoms with Crippen molar-refractivity contribution in [3.63, 3.8) is 0 Å². The number of rotatable bonds is 2. The van der Waals surface area contributed by atoms with Crippen molar-refractivity contribution in [1.82, 2.24) is 20.5 Å². The van der Waals surface area contributed by atoms with Crippen LogP contribution in [0.3, 0.4) is 0 Å². The van der Waals surface area contributed by atoms with Crippen LogP contribution in [-0.2, 0) is 0 Å². The van der Waals surface area contributed by atoms with E-state index in [-0.39, 0.29) is 0 Å². The first-order valence-electron chi connectivity index (χ1n) is 7.20. The summed E-state index contributed by atoms with van der Waals surface area (Å²) in [7, 11) is 0. The number of anilines is 1. The molecule has 0 aromatic carbocycles. The van der Waals surface area contributed by atoms with E-state index in [0.717, 1.165) is 43.2 Å². The van der Waals surface area contributed by atoms with E-state index in [4.69, 9.17) is 4.98 Å². The van der Waals surface area contributed by atoms with Crippen LogP contribution in [0.5, 0.6) is 0 Å². The van der Waals surface area contributed by atoms with E-state index in [1.54, 1.807) is 0 Å². The van der Waals surface area contributed by atoms with Crippen molar-refractivity contribution < 1.29 is 0 Å². The number of fused-ring (bicyclic) bond motifs is 1. The third-order valence-corrected chi connectivity index (χ3v) is 4.77. The number of nitrogens with one attached hydrogen (secondary N) is 2. The van der Waals surface area contributed by atoms with Gasteiger partial charge in [0.05, 0.1) is 0 Å². The van der Waals surface area contributed by atoms with Crippen LogP contribution in [0.2, 0.25) is 0 Å². The van der Waals surface area contributed by atoms with E-state index in [9.17, 15) is 0 Å². The molecule has 0 amide bonds. The van der Waals surface area contributed by atoms with Gasteiger partial charge in [0.15, 0.2) is 0 Å². The SMILES string of the molecule is C[C@H]1CN(c2n[nH]c(C3CC4CC4C3)n2)CCN1. The summed E-state index contributed by atoms with van der Waals surface area (Å²) >= 11 is 0. The Morgan fingerprint density at radius 3 is 2.83 bits per heavy atom. The van der Waals surface area contributed by atoms with Crippen molar-refractivity contribution in [3.8, 4) is 0 Å². The molecule has 2 saturated carbocycles. The van der Waals surface area contributed by atoms with Gasteiger partial charge in [-0.3, -0.25) is 5.10 Å². The smallest absolute Gasteiger partial charge is 0.244 e. The maximum Gasteiger partial charge on any atom is 0.244 e. The summed E-state index contributed by atoms with van der Waals surface area (Å²) < 4.78 is 0. The average Bonchev–Trinajstić information content (AvgIpc) is 2.83. The van der Waals surface area contributed by atoms with Gasteiger partial charge in [0.1, 0.15) is 5.82 Å². The molecule has 5 nitrogen and oxygen atoms in total. The van der Waals surface area contributed by atoms with Crippen LogP contribution in [-0.4, -0.2) is 40.9 Å². The Labute approximate surface area is 107 Å². The molecule has 18 heavy (non-hydrogen) atoms. The fourth-order valence-corrected chi connectivity index (χ4v) is 3.64. The van der Waals surface area contributed by atoms with Gasteiger partial charge in [0.25, 0.3) is 0 Å². The second-order valence-electron chi connectivity index (χ2n) is 6.25. The van der Waals surface area contributed by atoms with Crippen LogP contribution < -0.4 is 10.2 Å². The molecule has 1 aromatic rings. The van der Waals surface area contributed by atoms with Crippen LogP contribution in [0.1, 0.15) is 37.9 Å². The van der Waals surface area contributed by atoms with Crippen molar-refractivity contribution in [2.75, 3.05) is 24.5 Å². The lowest BCUT2D eigenvalue weighted by atomic mass is 10.0. The molecule has 98 valence electrons. The fraction of sp³-hybridized carbons (Fsp3) is 0.846. The number of piperazine rings is 1. The summed E-state index contributed by atoms with van der Waals surface area (Å²) in [6.07, 6.45) is 4.13. The molecule has 3 aliphatic rings. The second-order valence-corrected chi connectivity index (χ2v) is 6.25. The molecule has 3 fully saturated rings. The fourth-order valence-electron chi connectivity index (χ4n) is 3.64. The highest BCUT2D eigenvalue weighted by atomic mass is 15.4. The van der Waals surface area contributed by atoms with Gasteiger partial charge in [-0.2, -0.15) is 4.98 Å². The Morgan fingerprint density at radius 2 is 2.06 bits per heavy atom. The molecular formula is C13H21N5. The van der Waals surface area contributed by atoms with Gasteiger partial charge in [0.2, 0.25) is 5.95 Å². The first kappa shape index (κ1) is 10.8. The Balaban J connectivity index is 1.47. The first-order chi connectivity index (χ1) is 8.79. The molecule has 4 rings (SSSR count). The highest BCUT2D eigenvalue weighted by molar-refractivity contribution is 5.31. The lowest BCUT2D eigenvalue weighted by molar-refractivity contribution is 0.479. The average molecular weight is 247 g/mol. The maximum absolute atomic E-state index is 4.74. The number of hydrogen-bond donors (Lipinski definition) is 2. The highest BCUT2D eigenvalue weighted by Gasteiger charge is 2.47. The summed E-state index contributed by atoms with van der Waals surface area (Å²) in [5.41, 5.74) is 0. The molecule has 1 aromatic heterocycles. The Bertz CT molecular complexity index is 432. The molecule has 3 atom stereocenters. The first-order valence-corrected chi connectivity index (χ1v) is 7.20. The highest BCUT2D eigenvalue weighted by Crippen LogP contribution is 2.56. The zero-order valence-electron chi connectivity index (χ0n) is 10.9. The summed E-state index contributed by atoms with van der Waals surface area (Å²) in [6.45, 7) is 5.26. The van der Waals surface area contributed by atoms with Gasteiger partial charge < -0.3 is 10.2 Å². The summed E-state index contributed by atoms with van der Waals surface area (Å²) in [5, 5.41) is 11.0. The molecule has 1 aliphatic heterocycles. The predicted octanol–water partition coefficient (Wildman–Crippen LogP) is 1.12. The molecule has 2 N–H and O–H groups in total. The number of hydrogen-bond acceptors (Lipinski definition) is 4. The monoisotopic (exact) mass is 247 g/mol. The summed E-state index contributed by atoms with van der Waals surface area (Å²) in [6, 6.07) is 0.528. The van der Waals surface area contributed by atoms with Crippen LogP contribution in [0.25, 0.3) is 0 Å². The van der Waals surface area contributed by atoms with E-state index >= 15 is 0 Å². The third-order valence-electron chi connectivity index (χ3n) is 4.77. The van der Waals surface area contributed by atoms with Gasteiger partial charge in [-0.15, -0.1) is 5.10 Å². The van der Waals surface area contributed by atoms with Crippen LogP contribution >= 0.6 is 0 Å². The summed E-state index contributed by atoms with van der Waals surface area (Å²) in [4.78, 5) is 7.03. The van der Waals surface area contributed by atoms with Gasteiger partial charge in [-0.1, -0.05) is 0 Å². The number of aromatic nitrogens is 3.